The monoisotopic (exact) mass is 313 g/mol. The number of amides is 1. The topological polar surface area (TPSA) is 78.8 Å². The molecule has 0 saturated carbocycles. The van der Waals surface area contributed by atoms with Crippen LogP contribution >= 0.6 is 0 Å². The Morgan fingerprint density at radius 3 is 2.55 bits per heavy atom. The lowest BCUT2D eigenvalue weighted by atomic mass is 9.98. The van der Waals surface area contributed by atoms with Crippen LogP contribution in [0.4, 0.5) is 9.18 Å². The molecule has 0 spiro atoms. The molecule has 2 unspecified atom stereocenters. The average Bonchev–Trinajstić information content (AvgIpc) is 2.35. The molecule has 0 aliphatic carbocycles. The Labute approximate surface area is 130 Å². The Morgan fingerprint density at radius 2 is 2.00 bits per heavy atom. The predicted octanol–water partition coefficient (Wildman–Crippen LogP) is 2.44. The Kier molecular flexibility index (Phi) is 6.32. The number of aryl methyl sites for hydroxylation is 1. The van der Waals surface area contributed by atoms with Gasteiger partial charge in [0.15, 0.2) is 0 Å². The molecule has 1 aromatic carbocycles. The number of carbonyl (C=O) groups is 1. The molecule has 1 amide bonds. The van der Waals surface area contributed by atoms with Crippen molar-refractivity contribution in [3.63, 3.8) is 0 Å². The van der Waals surface area contributed by atoms with Crippen molar-refractivity contribution in [2.75, 3.05) is 6.54 Å². The number of nitrogens with one attached hydrogen (secondary N) is 1. The summed E-state index contributed by atoms with van der Waals surface area (Å²) in [6.07, 6.45) is -2.63. The third-order valence-corrected chi connectivity index (χ3v) is 3.02. The van der Waals surface area contributed by atoms with Gasteiger partial charge in [-0.15, -0.1) is 0 Å². The Morgan fingerprint density at radius 1 is 1.36 bits per heavy atom. The van der Waals surface area contributed by atoms with E-state index in [1.807, 2.05) is 0 Å². The first-order chi connectivity index (χ1) is 10.1. The molecule has 124 valence electrons. The van der Waals surface area contributed by atoms with Gasteiger partial charge >= 0.3 is 6.09 Å². The highest BCUT2D eigenvalue weighted by atomic mass is 19.1. The van der Waals surface area contributed by atoms with E-state index in [4.69, 9.17) is 4.74 Å². The van der Waals surface area contributed by atoms with Crippen molar-refractivity contribution in [1.29, 1.82) is 0 Å². The molecular formula is C16H24FNO4. The molecule has 0 saturated heterocycles. The van der Waals surface area contributed by atoms with E-state index >= 15 is 0 Å². The number of alkyl carbamates (subject to hydrolysis) is 1. The molecule has 22 heavy (non-hydrogen) atoms. The molecular weight excluding hydrogens is 289 g/mol. The van der Waals surface area contributed by atoms with Crippen molar-refractivity contribution in [2.45, 2.75) is 51.9 Å². The number of aliphatic hydroxyl groups excluding tert-OH is 2. The maximum Gasteiger partial charge on any atom is 0.407 e. The highest BCUT2D eigenvalue weighted by molar-refractivity contribution is 5.67. The molecule has 5 nitrogen and oxygen atoms in total. The molecule has 0 aliphatic rings. The van der Waals surface area contributed by atoms with Crippen LogP contribution in [0.25, 0.3) is 0 Å². The fourth-order valence-electron chi connectivity index (χ4n) is 1.97. The standard InChI is InChI=1S/C16H24FNO4/c1-10-9-11(17)5-6-12(10)14(20)13(19)7-8-18-15(21)22-16(2,3)4/h5-6,9,13-14,19-20H,7-8H2,1-4H3,(H,18,21). The van der Waals surface area contributed by atoms with Crippen LogP contribution in [0.2, 0.25) is 0 Å². The summed E-state index contributed by atoms with van der Waals surface area (Å²) in [7, 11) is 0. The van der Waals surface area contributed by atoms with E-state index in [2.05, 4.69) is 5.32 Å². The number of rotatable bonds is 5. The van der Waals surface area contributed by atoms with Gasteiger partial charge in [-0.05, 0) is 57.4 Å². The molecule has 6 heteroatoms. The van der Waals surface area contributed by atoms with E-state index in [0.717, 1.165) is 0 Å². The summed E-state index contributed by atoms with van der Waals surface area (Å²) in [6.45, 7) is 7.08. The van der Waals surface area contributed by atoms with Crippen molar-refractivity contribution in [3.8, 4) is 0 Å². The zero-order valence-corrected chi connectivity index (χ0v) is 13.4. The van der Waals surface area contributed by atoms with E-state index in [0.29, 0.717) is 11.1 Å². The predicted molar refractivity (Wildman–Crippen MR) is 81.0 cm³/mol. The second-order valence-corrected chi connectivity index (χ2v) is 6.23. The number of hydrogen-bond acceptors (Lipinski definition) is 4. The van der Waals surface area contributed by atoms with Gasteiger partial charge in [-0.3, -0.25) is 0 Å². The first-order valence-electron chi connectivity index (χ1n) is 7.19. The van der Waals surface area contributed by atoms with E-state index in [1.165, 1.54) is 18.2 Å². The van der Waals surface area contributed by atoms with Crippen LogP contribution in [-0.4, -0.2) is 34.6 Å². The lowest BCUT2D eigenvalue weighted by Gasteiger charge is -2.22. The molecule has 0 bridgehead atoms. The van der Waals surface area contributed by atoms with Crippen LogP contribution in [0, 0.1) is 12.7 Å². The Balaban J connectivity index is 2.48. The van der Waals surface area contributed by atoms with Crippen molar-refractivity contribution in [2.24, 2.45) is 0 Å². The van der Waals surface area contributed by atoms with Crippen molar-refractivity contribution >= 4 is 6.09 Å². The first-order valence-corrected chi connectivity index (χ1v) is 7.19. The Bertz CT molecular complexity index is 513. The van der Waals surface area contributed by atoms with Gasteiger partial charge in [0.05, 0.1) is 6.10 Å². The largest absolute Gasteiger partial charge is 0.444 e. The number of aliphatic hydroxyl groups is 2. The summed E-state index contributed by atoms with van der Waals surface area (Å²) in [4.78, 5) is 11.5. The second kappa shape index (κ2) is 7.56. The quantitative estimate of drug-likeness (QED) is 0.780. The number of carbonyl (C=O) groups excluding carboxylic acids is 1. The smallest absolute Gasteiger partial charge is 0.407 e. The Hall–Kier alpha value is -1.66. The number of hydrogen-bond donors (Lipinski definition) is 3. The third-order valence-electron chi connectivity index (χ3n) is 3.02. The molecule has 1 aromatic rings. The molecule has 0 heterocycles. The normalized spacial score (nSPS) is 14.3. The molecule has 0 radical (unpaired) electrons. The van der Waals surface area contributed by atoms with Crippen LogP contribution in [-0.2, 0) is 4.74 Å². The average molecular weight is 313 g/mol. The van der Waals surface area contributed by atoms with E-state index in [9.17, 15) is 19.4 Å². The highest BCUT2D eigenvalue weighted by Gasteiger charge is 2.21. The number of benzene rings is 1. The summed E-state index contributed by atoms with van der Waals surface area (Å²) in [5.74, 6) is -0.394. The zero-order valence-electron chi connectivity index (χ0n) is 13.4. The van der Waals surface area contributed by atoms with E-state index < -0.39 is 29.7 Å². The second-order valence-electron chi connectivity index (χ2n) is 6.23. The van der Waals surface area contributed by atoms with Crippen molar-refractivity contribution < 1.29 is 24.1 Å². The maximum atomic E-state index is 13.0. The van der Waals surface area contributed by atoms with Gasteiger partial charge in [0.25, 0.3) is 0 Å². The minimum atomic E-state index is -1.14. The van der Waals surface area contributed by atoms with Gasteiger partial charge in [-0.1, -0.05) is 6.07 Å². The molecule has 3 N–H and O–H groups in total. The van der Waals surface area contributed by atoms with E-state index in [1.54, 1.807) is 27.7 Å². The zero-order chi connectivity index (χ0) is 16.9. The van der Waals surface area contributed by atoms with Crippen LogP contribution in [0.15, 0.2) is 18.2 Å². The molecule has 2 atom stereocenters. The van der Waals surface area contributed by atoms with Crippen molar-refractivity contribution in [3.05, 3.63) is 35.1 Å². The lowest BCUT2D eigenvalue weighted by molar-refractivity contribution is 0.0119. The highest BCUT2D eigenvalue weighted by Crippen LogP contribution is 2.23. The van der Waals surface area contributed by atoms with Crippen LogP contribution in [0.1, 0.15) is 44.4 Å². The van der Waals surface area contributed by atoms with Gasteiger partial charge in [0.2, 0.25) is 0 Å². The SMILES string of the molecule is Cc1cc(F)ccc1C(O)C(O)CCNC(=O)OC(C)(C)C. The van der Waals surface area contributed by atoms with Crippen LogP contribution < -0.4 is 5.32 Å². The lowest BCUT2D eigenvalue weighted by Crippen LogP contribution is -2.34. The molecule has 0 aromatic heterocycles. The fraction of sp³-hybridized carbons (Fsp3) is 0.562. The summed E-state index contributed by atoms with van der Waals surface area (Å²) in [6, 6.07) is 3.97. The number of ether oxygens (including phenoxy) is 1. The number of halogens is 1. The maximum absolute atomic E-state index is 13.0. The molecule has 0 aliphatic heterocycles. The van der Waals surface area contributed by atoms with Crippen molar-refractivity contribution in [1.82, 2.24) is 5.32 Å². The minimum absolute atomic E-state index is 0.150. The summed E-state index contributed by atoms with van der Waals surface area (Å²) in [5.41, 5.74) is 0.436. The summed E-state index contributed by atoms with van der Waals surface area (Å²) >= 11 is 0. The molecule has 1 rings (SSSR count). The van der Waals surface area contributed by atoms with Gasteiger partial charge in [-0.25, -0.2) is 9.18 Å². The van der Waals surface area contributed by atoms with Gasteiger partial charge in [0, 0.05) is 6.54 Å². The molecule has 0 fully saturated rings. The summed E-state index contributed by atoms with van der Waals surface area (Å²) < 4.78 is 18.1. The van der Waals surface area contributed by atoms with Gasteiger partial charge in [0.1, 0.15) is 17.5 Å². The van der Waals surface area contributed by atoms with Crippen LogP contribution in [0.5, 0.6) is 0 Å². The first kappa shape index (κ1) is 18.4. The summed E-state index contributed by atoms with van der Waals surface area (Å²) in [5, 5.41) is 22.6. The third kappa shape index (κ3) is 5.99. The van der Waals surface area contributed by atoms with E-state index in [-0.39, 0.29) is 13.0 Å². The van der Waals surface area contributed by atoms with Gasteiger partial charge in [-0.2, -0.15) is 0 Å². The van der Waals surface area contributed by atoms with Gasteiger partial charge < -0.3 is 20.3 Å². The fourth-order valence-corrected chi connectivity index (χ4v) is 1.97. The van der Waals surface area contributed by atoms with Crippen LogP contribution in [0.3, 0.4) is 0 Å². The minimum Gasteiger partial charge on any atom is -0.444 e.